The molecule has 0 fully saturated rings. The first-order valence-corrected chi connectivity index (χ1v) is 8.81. The van der Waals surface area contributed by atoms with Crippen molar-refractivity contribution >= 4 is 16.1 Å². The summed E-state index contributed by atoms with van der Waals surface area (Å²) in [5, 5.41) is 0. The van der Waals surface area contributed by atoms with E-state index in [1.807, 2.05) is 6.92 Å². The molecule has 6 nitrogen and oxygen atoms in total. The van der Waals surface area contributed by atoms with E-state index in [0.29, 0.717) is 12.4 Å². The molecule has 2 rings (SSSR count). The molecule has 0 bridgehead atoms. The van der Waals surface area contributed by atoms with Crippen LogP contribution >= 0.6 is 0 Å². The van der Waals surface area contributed by atoms with Crippen molar-refractivity contribution in [3.05, 3.63) is 54.1 Å². The van der Waals surface area contributed by atoms with E-state index in [1.54, 1.807) is 19.1 Å². The average molecular weight is 350 g/mol. The van der Waals surface area contributed by atoms with E-state index in [2.05, 4.69) is 0 Å². The molecule has 0 radical (unpaired) electrons. The third-order valence-electron chi connectivity index (χ3n) is 2.97. The Kier molecular flexibility index (Phi) is 5.81. The van der Waals surface area contributed by atoms with Crippen LogP contribution in [0.15, 0.2) is 53.4 Å². The van der Waals surface area contributed by atoms with E-state index in [0.717, 1.165) is 0 Å². The summed E-state index contributed by atoms with van der Waals surface area (Å²) in [4.78, 5) is 11.6. The van der Waals surface area contributed by atoms with Gasteiger partial charge in [0, 0.05) is 0 Å². The molecule has 0 aliphatic carbocycles. The molecule has 0 heterocycles. The van der Waals surface area contributed by atoms with Crippen LogP contribution in [-0.2, 0) is 14.9 Å². The van der Waals surface area contributed by atoms with Crippen molar-refractivity contribution in [3.8, 4) is 11.5 Å². The monoisotopic (exact) mass is 350 g/mol. The number of benzene rings is 2. The van der Waals surface area contributed by atoms with Crippen LogP contribution < -0.4 is 8.92 Å². The minimum absolute atomic E-state index is 0.123. The van der Waals surface area contributed by atoms with Crippen molar-refractivity contribution < 1.29 is 26.9 Å². The fraction of sp³-hybridized carbons (Fsp3) is 0.235. The summed E-state index contributed by atoms with van der Waals surface area (Å²) in [6.45, 7) is 4.25. The average Bonchev–Trinajstić information content (AvgIpc) is 2.57. The Bertz CT molecular complexity index is 796. The molecular formula is C17H18O6S. The van der Waals surface area contributed by atoms with E-state index in [-0.39, 0.29) is 22.8 Å². The zero-order chi connectivity index (χ0) is 17.6. The molecule has 0 amide bonds. The van der Waals surface area contributed by atoms with Crippen LogP contribution in [0.4, 0.5) is 0 Å². The first-order chi connectivity index (χ1) is 11.5. The maximum Gasteiger partial charge on any atom is 0.339 e. The zero-order valence-corrected chi connectivity index (χ0v) is 14.2. The van der Waals surface area contributed by atoms with Gasteiger partial charge in [0.15, 0.2) is 0 Å². The Morgan fingerprint density at radius 3 is 2.25 bits per heavy atom. The van der Waals surface area contributed by atoms with Gasteiger partial charge in [-0.15, -0.1) is 0 Å². The van der Waals surface area contributed by atoms with Crippen molar-refractivity contribution in [3.63, 3.8) is 0 Å². The lowest BCUT2D eigenvalue weighted by Crippen LogP contribution is -2.11. The minimum Gasteiger partial charge on any atom is -0.494 e. The van der Waals surface area contributed by atoms with Gasteiger partial charge in [-0.3, -0.25) is 0 Å². The van der Waals surface area contributed by atoms with Crippen molar-refractivity contribution in [1.29, 1.82) is 0 Å². The summed E-state index contributed by atoms with van der Waals surface area (Å²) in [6, 6.07) is 11.7. The Hall–Kier alpha value is -2.54. The molecule has 2 aromatic rings. The van der Waals surface area contributed by atoms with Crippen LogP contribution in [-0.4, -0.2) is 27.6 Å². The van der Waals surface area contributed by atoms with Crippen molar-refractivity contribution in [2.75, 3.05) is 13.2 Å². The summed E-state index contributed by atoms with van der Waals surface area (Å²) < 4.78 is 39.9. The van der Waals surface area contributed by atoms with Crippen LogP contribution in [0, 0.1) is 0 Å². The van der Waals surface area contributed by atoms with E-state index < -0.39 is 16.1 Å². The number of rotatable bonds is 7. The summed E-state index contributed by atoms with van der Waals surface area (Å²) in [7, 11) is -4.06. The maximum absolute atomic E-state index is 12.3. The molecule has 7 heteroatoms. The van der Waals surface area contributed by atoms with Gasteiger partial charge in [0.05, 0.1) is 18.8 Å². The van der Waals surface area contributed by atoms with Gasteiger partial charge >= 0.3 is 16.1 Å². The van der Waals surface area contributed by atoms with Crippen LogP contribution in [0.2, 0.25) is 0 Å². The largest absolute Gasteiger partial charge is 0.494 e. The Morgan fingerprint density at radius 2 is 1.62 bits per heavy atom. The quantitative estimate of drug-likeness (QED) is 0.564. The fourth-order valence-electron chi connectivity index (χ4n) is 1.93. The molecule has 0 saturated heterocycles. The van der Waals surface area contributed by atoms with Gasteiger partial charge in [-0.25, -0.2) is 4.79 Å². The lowest BCUT2D eigenvalue weighted by atomic mass is 10.2. The molecule has 0 aromatic heterocycles. The molecule has 0 saturated carbocycles. The van der Waals surface area contributed by atoms with Crippen molar-refractivity contribution in [2.24, 2.45) is 0 Å². The number of carbonyl (C=O) groups excluding carboxylic acids is 1. The van der Waals surface area contributed by atoms with Crippen LogP contribution in [0.25, 0.3) is 0 Å². The molecule has 0 N–H and O–H groups in total. The summed E-state index contributed by atoms with van der Waals surface area (Å²) >= 11 is 0. The molecule has 0 spiro atoms. The molecule has 0 unspecified atom stereocenters. The lowest BCUT2D eigenvalue weighted by molar-refractivity contribution is 0.0526. The highest BCUT2D eigenvalue weighted by atomic mass is 32.2. The first-order valence-electron chi connectivity index (χ1n) is 7.40. The zero-order valence-electron chi connectivity index (χ0n) is 13.4. The fourth-order valence-corrected chi connectivity index (χ4v) is 2.90. The number of ether oxygens (including phenoxy) is 2. The third-order valence-corrected chi connectivity index (χ3v) is 4.22. The van der Waals surface area contributed by atoms with E-state index in [4.69, 9.17) is 13.7 Å². The Balaban J connectivity index is 2.20. The van der Waals surface area contributed by atoms with E-state index in [1.165, 1.54) is 36.4 Å². The summed E-state index contributed by atoms with van der Waals surface area (Å²) in [5.41, 5.74) is 0.146. The normalized spacial score (nSPS) is 10.9. The van der Waals surface area contributed by atoms with Crippen LogP contribution in [0.3, 0.4) is 0 Å². The Morgan fingerprint density at radius 1 is 0.958 bits per heavy atom. The second kappa shape index (κ2) is 7.83. The van der Waals surface area contributed by atoms with Gasteiger partial charge in [0.1, 0.15) is 16.4 Å². The molecule has 2 aromatic carbocycles. The second-order valence-corrected chi connectivity index (χ2v) is 6.24. The van der Waals surface area contributed by atoms with E-state index in [9.17, 15) is 13.2 Å². The van der Waals surface area contributed by atoms with E-state index >= 15 is 0 Å². The smallest absolute Gasteiger partial charge is 0.339 e. The highest BCUT2D eigenvalue weighted by molar-refractivity contribution is 7.87. The molecule has 0 aliphatic heterocycles. The molecule has 24 heavy (non-hydrogen) atoms. The van der Waals surface area contributed by atoms with Crippen molar-refractivity contribution in [1.82, 2.24) is 0 Å². The second-order valence-electron chi connectivity index (χ2n) is 4.69. The molecular weight excluding hydrogens is 332 g/mol. The van der Waals surface area contributed by atoms with Gasteiger partial charge in [-0.2, -0.15) is 8.42 Å². The van der Waals surface area contributed by atoms with Gasteiger partial charge in [-0.1, -0.05) is 6.07 Å². The van der Waals surface area contributed by atoms with Crippen LogP contribution in [0.5, 0.6) is 11.5 Å². The van der Waals surface area contributed by atoms with Gasteiger partial charge in [-0.05, 0) is 56.3 Å². The number of carbonyl (C=O) groups is 1. The number of hydrogen-bond acceptors (Lipinski definition) is 6. The maximum atomic E-state index is 12.3. The van der Waals surface area contributed by atoms with Crippen LogP contribution in [0.1, 0.15) is 24.2 Å². The third kappa shape index (κ3) is 4.48. The van der Waals surface area contributed by atoms with Gasteiger partial charge < -0.3 is 13.7 Å². The van der Waals surface area contributed by atoms with Gasteiger partial charge in [0.2, 0.25) is 0 Å². The molecule has 128 valence electrons. The Labute approximate surface area is 141 Å². The minimum atomic E-state index is -4.06. The highest BCUT2D eigenvalue weighted by Gasteiger charge is 2.19. The number of hydrogen-bond donors (Lipinski definition) is 0. The SMILES string of the molecule is CCOC(=O)c1cccc(S(=O)(=O)Oc2ccc(OCC)cc2)c1. The molecule has 0 atom stereocenters. The molecule has 0 aliphatic rings. The first kappa shape index (κ1) is 17.8. The topological polar surface area (TPSA) is 78.9 Å². The number of esters is 1. The lowest BCUT2D eigenvalue weighted by Gasteiger charge is -2.09. The van der Waals surface area contributed by atoms with Gasteiger partial charge in [0.25, 0.3) is 0 Å². The summed E-state index contributed by atoms with van der Waals surface area (Å²) in [5.74, 6) is 0.183. The summed E-state index contributed by atoms with van der Waals surface area (Å²) in [6.07, 6.45) is 0. The highest BCUT2D eigenvalue weighted by Crippen LogP contribution is 2.22. The predicted octanol–water partition coefficient (Wildman–Crippen LogP) is 3.03. The van der Waals surface area contributed by atoms with Crippen molar-refractivity contribution in [2.45, 2.75) is 18.7 Å². The standard InChI is InChI=1S/C17H18O6S/c1-3-21-14-8-10-15(11-9-14)23-24(19,20)16-7-5-6-13(12-16)17(18)22-4-2/h5-12H,3-4H2,1-2H3. The predicted molar refractivity (Wildman–Crippen MR) is 87.8 cm³/mol.